The highest BCUT2D eigenvalue weighted by molar-refractivity contribution is 5.73. The van der Waals surface area contributed by atoms with Crippen LogP contribution in [-0.4, -0.2) is 11.2 Å². The highest BCUT2D eigenvalue weighted by Crippen LogP contribution is 2.18. The Morgan fingerprint density at radius 3 is 2.43 bits per heavy atom. The van der Waals surface area contributed by atoms with E-state index in [0.29, 0.717) is 6.61 Å². The van der Waals surface area contributed by atoms with Gasteiger partial charge in [0.2, 0.25) is 0 Å². The number of rotatable bonds is 7. The van der Waals surface area contributed by atoms with Gasteiger partial charge in [0.05, 0.1) is 19.7 Å². The number of fused-ring (bicyclic) bond motifs is 1. The van der Waals surface area contributed by atoms with Crippen molar-refractivity contribution in [2.45, 2.75) is 26.4 Å². The molecule has 0 bridgehead atoms. The zero-order chi connectivity index (χ0) is 19.3. The number of nitrogens with two attached hydrogens (primary N) is 1. The molecule has 4 heteroatoms. The molecular formula is C24H26N3O+. The van der Waals surface area contributed by atoms with Crippen LogP contribution in [0.15, 0.2) is 78.9 Å². The number of imidazole rings is 1. The summed E-state index contributed by atoms with van der Waals surface area (Å²) in [5.41, 5.74) is 11.5. The molecule has 0 saturated carbocycles. The van der Waals surface area contributed by atoms with Gasteiger partial charge in [-0.3, -0.25) is 5.73 Å². The van der Waals surface area contributed by atoms with Crippen molar-refractivity contribution in [3.63, 3.8) is 0 Å². The molecule has 0 unspecified atom stereocenters. The SMILES string of the molecule is Cc1ccccc1C[n+]1c(N)n(CCCOc2ccccc2)c2ccccc21. The van der Waals surface area contributed by atoms with E-state index in [2.05, 4.69) is 64.6 Å². The van der Waals surface area contributed by atoms with Crippen LogP contribution >= 0.6 is 0 Å². The molecule has 0 saturated heterocycles. The van der Waals surface area contributed by atoms with Gasteiger partial charge >= 0.3 is 5.95 Å². The molecule has 0 atom stereocenters. The Morgan fingerprint density at radius 1 is 0.893 bits per heavy atom. The topological polar surface area (TPSA) is 44.1 Å². The molecule has 142 valence electrons. The third-order valence-electron chi connectivity index (χ3n) is 5.14. The van der Waals surface area contributed by atoms with Gasteiger partial charge in [-0.2, -0.15) is 0 Å². The first-order valence-electron chi connectivity index (χ1n) is 9.73. The van der Waals surface area contributed by atoms with E-state index in [1.54, 1.807) is 0 Å². The van der Waals surface area contributed by atoms with Gasteiger partial charge in [0.15, 0.2) is 0 Å². The molecule has 4 nitrogen and oxygen atoms in total. The van der Waals surface area contributed by atoms with E-state index in [9.17, 15) is 0 Å². The Morgan fingerprint density at radius 2 is 1.61 bits per heavy atom. The largest absolute Gasteiger partial charge is 0.493 e. The van der Waals surface area contributed by atoms with Gasteiger partial charge in [-0.15, -0.1) is 0 Å². The van der Waals surface area contributed by atoms with Crippen LogP contribution in [0.25, 0.3) is 11.0 Å². The number of para-hydroxylation sites is 3. The van der Waals surface area contributed by atoms with Crippen LogP contribution in [0.5, 0.6) is 5.75 Å². The summed E-state index contributed by atoms with van der Waals surface area (Å²) in [6.45, 7) is 4.40. The van der Waals surface area contributed by atoms with Gasteiger partial charge in [0.25, 0.3) is 0 Å². The number of hydrogen-bond acceptors (Lipinski definition) is 2. The Hall–Kier alpha value is -3.27. The lowest BCUT2D eigenvalue weighted by Gasteiger charge is -2.07. The first kappa shape index (κ1) is 18.1. The monoisotopic (exact) mass is 372 g/mol. The molecule has 0 radical (unpaired) electrons. The highest BCUT2D eigenvalue weighted by atomic mass is 16.5. The van der Waals surface area contributed by atoms with E-state index >= 15 is 0 Å². The van der Waals surface area contributed by atoms with E-state index in [-0.39, 0.29) is 0 Å². The Labute approximate surface area is 165 Å². The number of ether oxygens (including phenoxy) is 1. The Balaban J connectivity index is 1.55. The van der Waals surface area contributed by atoms with E-state index < -0.39 is 0 Å². The van der Waals surface area contributed by atoms with Gasteiger partial charge in [0, 0.05) is 6.42 Å². The predicted octanol–water partition coefficient (Wildman–Crippen LogP) is 4.34. The van der Waals surface area contributed by atoms with Crippen molar-refractivity contribution in [3.8, 4) is 5.75 Å². The van der Waals surface area contributed by atoms with Crippen molar-refractivity contribution in [2.24, 2.45) is 0 Å². The van der Waals surface area contributed by atoms with E-state index in [0.717, 1.165) is 42.2 Å². The summed E-state index contributed by atoms with van der Waals surface area (Å²) in [4.78, 5) is 0. The average molecular weight is 372 g/mol. The summed E-state index contributed by atoms with van der Waals surface area (Å²) >= 11 is 0. The predicted molar refractivity (Wildman–Crippen MR) is 113 cm³/mol. The van der Waals surface area contributed by atoms with Crippen LogP contribution in [-0.2, 0) is 13.1 Å². The van der Waals surface area contributed by atoms with Gasteiger partial charge in [-0.25, -0.2) is 9.13 Å². The first-order chi connectivity index (χ1) is 13.7. The van der Waals surface area contributed by atoms with E-state index in [1.807, 2.05) is 30.3 Å². The molecule has 28 heavy (non-hydrogen) atoms. The van der Waals surface area contributed by atoms with Crippen molar-refractivity contribution in [1.82, 2.24) is 4.57 Å². The van der Waals surface area contributed by atoms with Crippen LogP contribution in [0.2, 0.25) is 0 Å². The van der Waals surface area contributed by atoms with Crippen LogP contribution in [0.1, 0.15) is 17.5 Å². The lowest BCUT2D eigenvalue weighted by Crippen LogP contribution is -2.37. The smallest absolute Gasteiger partial charge is 0.356 e. The molecule has 4 aromatic rings. The van der Waals surface area contributed by atoms with Crippen molar-refractivity contribution < 1.29 is 9.30 Å². The summed E-state index contributed by atoms with van der Waals surface area (Å²) in [6.07, 6.45) is 0.891. The molecule has 1 heterocycles. The first-order valence-corrected chi connectivity index (χ1v) is 9.73. The second kappa shape index (κ2) is 8.17. The molecule has 0 amide bonds. The van der Waals surface area contributed by atoms with E-state index in [1.165, 1.54) is 11.1 Å². The number of nitrogen functional groups attached to an aromatic ring is 1. The number of benzene rings is 3. The fraction of sp³-hybridized carbons (Fsp3) is 0.208. The lowest BCUT2D eigenvalue weighted by atomic mass is 10.1. The lowest BCUT2D eigenvalue weighted by molar-refractivity contribution is -0.648. The number of anilines is 1. The molecule has 0 fully saturated rings. The molecule has 1 aromatic heterocycles. The van der Waals surface area contributed by atoms with Crippen molar-refractivity contribution >= 4 is 17.0 Å². The Kier molecular flexibility index (Phi) is 5.29. The summed E-state index contributed by atoms with van der Waals surface area (Å²) in [5, 5.41) is 0. The molecule has 0 aliphatic carbocycles. The molecule has 0 spiro atoms. The fourth-order valence-electron chi connectivity index (χ4n) is 3.60. The number of nitrogens with zero attached hydrogens (tertiary/aromatic N) is 2. The maximum atomic E-state index is 6.59. The summed E-state index contributed by atoms with van der Waals surface area (Å²) in [7, 11) is 0. The third kappa shape index (κ3) is 3.72. The van der Waals surface area contributed by atoms with Crippen molar-refractivity contribution in [1.29, 1.82) is 0 Å². The number of hydrogen-bond donors (Lipinski definition) is 1. The summed E-state index contributed by atoms with van der Waals surface area (Å²) in [5.74, 6) is 1.69. The standard InChI is InChI=1S/C24H25N3O/c1-19-10-5-6-11-20(19)18-27-23-15-8-7-14-22(23)26(24(27)25)16-9-17-28-21-12-3-2-4-13-21/h2-8,10-15,25H,9,16-18H2,1H3/p+1. The quantitative estimate of drug-likeness (QED) is 0.387. The molecular weight excluding hydrogens is 346 g/mol. The van der Waals surface area contributed by atoms with Gasteiger partial charge in [-0.05, 0) is 42.3 Å². The number of aromatic nitrogens is 2. The second-order valence-corrected chi connectivity index (χ2v) is 7.03. The minimum Gasteiger partial charge on any atom is -0.493 e. The number of aryl methyl sites for hydroxylation is 2. The van der Waals surface area contributed by atoms with Crippen LogP contribution in [0.3, 0.4) is 0 Å². The van der Waals surface area contributed by atoms with Gasteiger partial charge in [-0.1, -0.05) is 54.6 Å². The van der Waals surface area contributed by atoms with Crippen LogP contribution in [0.4, 0.5) is 5.95 Å². The molecule has 2 N–H and O–H groups in total. The maximum Gasteiger partial charge on any atom is 0.356 e. The molecule has 0 aliphatic rings. The van der Waals surface area contributed by atoms with Gasteiger partial charge < -0.3 is 4.74 Å². The van der Waals surface area contributed by atoms with Crippen LogP contribution < -0.4 is 15.0 Å². The summed E-state index contributed by atoms with van der Waals surface area (Å²) < 4.78 is 10.2. The fourth-order valence-corrected chi connectivity index (χ4v) is 3.60. The maximum absolute atomic E-state index is 6.59. The second-order valence-electron chi connectivity index (χ2n) is 7.03. The molecule has 0 aliphatic heterocycles. The minimum absolute atomic E-state index is 0.660. The molecule has 4 rings (SSSR count). The van der Waals surface area contributed by atoms with E-state index in [4.69, 9.17) is 10.5 Å². The highest BCUT2D eigenvalue weighted by Gasteiger charge is 2.21. The summed E-state index contributed by atoms with van der Waals surface area (Å²) in [6, 6.07) is 26.8. The zero-order valence-corrected chi connectivity index (χ0v) is 16.2. The third-order valence-corrected chi connectivity index (χ3v) is 5.14. The van der Waals surface area contributed by atoms with Crippen molar-refractivity contribution in [3.05, 3.63) is 90.0 Å². The Bertz CT molecular complexity index is 1070. The molecule has 3 aromatic carbocycles. The zero-order valence-electron chi connectivity index (χ0n) is 16.2. The minimum atomic E-state index is 0.660. The van der Waals surface area contributed by atoms with Crippen molar-refractivity contribution in [2.75, 3.05) is 12.3 Å². The average Bonchev–Trinajstić information content (AvgIpc) is 2.99. The normalized spacial score (nSPS) is 11.0. The van der Waals surface area contributed by atoms with Gasteiger partial charge in [0.1, 0.15) is 16.8 Å². The van der Waals surface area contributed by atoms with Crippen LogP contribution in [0, 0.1) is 6.92 Å².